The Morgan fingerprint density at radius 1 is 1.27 bits per heavy atom. The van der Waals surface area contributed by atoms with Crippen LogP contribution in [-0.2, 0) is 10.3 Å². The van der Waals surface area contributed by atoms with Crippen LogP contribution in [0.3, 0.4) is 0 Å². The Hall–Kier alpha value is -3.58. The van der Waals surface area contributed by atoms with Crippen molar-refractivity contribution in [2.45, 2.75) is 63.0 Å². The monoisotopic (exact) mass is 522 g/mol. The number of nitriles is 1. The molecule has 0 radical (unpaired) electrons. The third-order valence-electron chi connectivity index (χ3n) is 6.65. The van der Waals surface area contributed by atoms with Gasteiger partial charge in [-0.1, -0.05) is 5.37 Å². The van der Waals surface area contributed by atoms with Gasteiger partial charge in [0.2, 0.25) is 0 Å². The van der Waals surface area contributed by atoms with Crippen molar-refractivity contribution in [3.05, 3.63) is 46.9 Å². The average molecular weight is 523 g/mol. The average Bonchev–Trinajstić information content (AvgIpc) is 3.23. The lowest BCUT2D eigenvalue weighted by Gasteiger charge is -2.41. The third kappa shape index (κ3) is 5.57. The SMILES string of the molecule is CC=S(C)c1ccc(Nc2nn(C3(CC#N)CCN(C(=O)OC(C)(C)C)CC3)c3cc[nH]c(=O)c23)cc1. The number of fused-ring (bicyclic) bond motifs is 1. The number of hydrogen-bond acceptors (Lipinski definition) is 6. The van der Waals surface area contributed by atoms with E-state index in [-0.39, 0.29) is 28.6 Å². The number of H-pyrrole nitrogens is 1. The summed E-state index contributed by atoms with van der Waals surface area (Å²) in [5, 5.41) is 20.5. The van der Waals surface area contributed by atoms with Gasteiger partial charge in [-0.05, 0) is 77.1 Å². The molecule has 1 amide bonds. The lowest BCUT2D eigenvalue weighted by atomic mass is 9.85. The van der Waals surface area contributed by atoms with E-state index in [9.17, 15) is 14.9 Å². The first-order chi connectivity index (χ1) is 17.6. The Bertz CT molecular complexity index is 1420. The minimum atomic E-state index is -0.656. The molecule has 0 spiro atoms. The van der Waals surface area contributed by atoms with Gasteiger partial charge in [0.15, 0.2) is 5.82 Å². The van der Waals surface area contributed by atoms with Gasteiger partial charge in [-0.15, -0.1) is 0 Å². The molecule has 10 heteroatoms. The smallest absolute Gasteiger partial charge is 0.410 e. The van der Waals surface area contributed by atoms with Gasteiger partial charge in [-0.3, -0.25) is 9.48 Å². The maximum atomic E-state index is 12.9. The van der Waals surface area contributed by atoms with Gasteiger partial charge < -0.3 is 19.9 Å². The number of rotatable bonds is 5. The Balaban J connectivity index is 1.69. The zero-order valence-electron chi connectivity index (χ0n) is 22.0. The summed E-state index contributed by atoms with van der Waals surface area (Å²) in [5.74, 6) is 0.439. The standard InChI is InChI=1S/C27H34N6O3S/c1-6-37(5)20-9-7-19(8-10-20)30-23-22-21(11-16-29-24(22)34)33(31-23)27(12-15-28)13-17-32(18-14-27)25(35)36-26(2,3)4/h6-11,16H,12-14,17-18H2,1-5H3,(H,29,34)(H,30,31). The van der Waals surface area contributed by atoms with E-state index in [4.69, 9.17) is 9.84 Å². The number of nitrogens with one attached hydrogen (secondary N) is 2. The number of aromatic amines is 1. The molecule has 1 aliphatic rings. The second-order valence-electron chi connectivity index (χ2n) is 10.3. The molecule has 3 aromatic rings. The highest BCUT2D eigenvalue weighted by Crippen LogP contribution is 2.38. The fourth-order valence-electron chi connectivity index (χ4n) is 4.59. The number of hydrogen-bond donors (Lipinski definition) is 2. The van der Waals surface area contributed by atoms with Crippen LogP contribution in [0.4, 0.5) is 16.3 Å². The fraction of sp³-hybridized carbons (Fsp3) is 0.444. The van der Waals surface area contributed by atoms with Crippen molar-refractivity contribution in [2.24, 2.45) is 0 Å². The Morgan fingerprint density at radius 2 is 1.95 bits per heavy atom. The molecule has 9 nitrogen and oxygen atoms in total. The van der Waals surface area contributed by atoms with Gasteiger partial charge in [0.05, 0.1) is 23.5 Å². The lowest BCUT2D eigenvalue weighted by Crippen LogP contribution is -2.49. The molecule has 0 bridgehead atoms. The van der Waals surface area contributed by atoms with E-state index in [0.29, 0.717) is 42.7 Å². The highest BCUT2D eigenvalue weighted by Gasteiger charge is 2.41. The number of nitrogens with zero attached hydrogens (tertiary/aromatic N) is 4. The molecule has 1 atom stereocenters. The first-order valence-corrected chi connectivity index (χ1v) is 14.0. The van der Waals surface area contributed by atoms with E-state index in [1.165, 1.54) is 4.90 Å². The summed E-state index contributed by atoms with van der Waals surface area (Å²) in [4.78, 5) is 31.2. The summed E-state index contributed by atoms with van der Waals surface area (Å²) in [5.41, 5.74) is -0.0164. The van der Waals surface area contributed by atoms with Gasteiger partial charge in [-0.25, -0.2) is 4.79 Å². The maximum absolute atomic E-state index is 12.9. The van der Waals surface area contributed by atoms with Crippen LogP contribution < -0.4 is 10.9 Å². The molecule has 4 rings (SSSR count). The fourth-order valence-corrected chi connectivity index (χ4v) is 5.43. The van der Waals surface area contributed by atoms with Gasteiger partial charge >= 0.3 is 6.09 Å². The van der Waals surface area contributed by atoms with Crippen LogP contribution >= 0.6 is 10.5 Å². The molecule has 0 saturated carbocycles. The number of anilines is 2. The molecule has 0 aliphatic carbocycles. The molecule has 196 valence electrons. The van der Waals surface area contributed by atoms with Crippen molar-refractivity contribution in [1.29, 1.82) is 5.26 Å². The molecule has 2 N–H and O–H groups in total. The number of likely N-dealkylation sites (tertiary alicyclic amines) is 1. The van der Waals surface area contributed by atoms with Crippen LogP contribution in [0.25, 0.3) is 10.9 Å². The second kappa shape index (κ2) is 10.4. The van der Waals surface area contributed by atoms with Crippen molar-refractivity contribution < 1.29 is 9.53 Å². The van der Waals surface area contributed by atoms with Crippen LogP contribution in [0.1, 0.15) is 47.0 Å². The highest BCUT2D eigenvalue weighted by atomic mass is 32.2. The second-order valence-corrected chi connectivity index (χ2v) is 12.4. The first kappa shape index (κ1) is 26.5. The van der Waals surface area contributed by atoms with E-state index in [0.717, 1.165) is 5.69 Å². The van der Waals surface area contributed by atoms with E-state index < -0.39 is 11.1 Å². The highest BCUT2D eigenvalue weighted by molar-refractivity contribution is 8.14. The number of piperidine rings is 1. The van der Waals surface area contributed by atoms with Crippen LogP contribution in [0, 0.1) is 11.3 Å². The van der Waals surface area contributed by atoms with E-state index in [2.05, 4.69) is 47.0 Å². The normalized spacial score (nSPS) is 16.4. The molecule has 1 saturated heterocycles. The summed E-state index contributed by atoms with van der Waals surface area (Å²) in [7, 11) is 0.0643. The number of carbonyl (C=O) groups is 1. The van der Waals surface area contributed by atoms with Gasteiger partial charge in [0.1, 0.15) is 11.0 Å². The number of aromatic nitrogens is 3. The minimum Gasteiger partial charge on any atom is -0.444 e. The topological polar surface area (TPSA) is 116 Å². The van der Waals surface area contributed by atoms with Crippen LogP contribution in [0.15, 0.2) is 46.2 Å². The number of carbonyl (C=O) groups excluding carboxylic acids is 1. The zero-order chi connectivity index (χ0) is 26.8. The predicted molar refractivity (Wildman–Crippen MR) is 149 cm³/mol. The van der Waals surface area contributed by atoms with E-state index >= 15 is 0 Å². The molecule has 1 unspecified atom stereocenters. The van der Waals surface area contributed by atoms with E-state index in [1.807, 2.05) is 43.7 Å². The minimum absolute atomic E-state index is 0.0643. The number of amides is 1. The first-order valence-electron chi connectivity index (χ1n) is 12.3. The quantitative estimate of drug-likeness (QED) is 0.446. The van der Waals surface area contributed by atoms with Crippen molar-refractivity contribution >= 4 is 44.4 Å². The van der Waals surface area contributed by atoms with Crippen LogP contribution in [0.2, 0.25) is 0 Å². The molecule has 1 fully saturated rings. The molecule has 1 aliphatic heterocycles. The van der Waals surface area contributed by atoms with Crippen molar-refractivity contribution in [1.82, 2.24) is 19.7 Å². The summed E-state index contributed by atoms with van der Waals surface area (Å²) >= 11 is 0. The van der Waals surface area contributed by atoms with Crippen LogP contribution in [-0.4, -0.2) is 56.1 Å². The summed E-state index contributed by atoms with van der Waals surface area (Å²) < 4.78 is 7.36. The summed E-state index contributed by atoms with van der Waals surface area (Å²) in [6, 6.07) is 12.2. The van der Waals surface area contributed by atoms with E-state index in [1.54, 1.807) is 11.1 Å². The molecule has 1 aromatic carbocycles. The molecular formula is C27H34N6O3S. The number of pyridine rings is 1. The third-order valence-corrected chi connectivity index (χ3v) is 8.37. The number of benzene rings is 1. The maximum Gasteiger partial charge on any atom is 0.410 e. The molecule has 2 aromatic heterocycles. The summed E-state index contributed by atoms with van der Waals surface area (Å²) in [6.07, 6.45) is 4.65. The molecule has 37 heavy (non-hydrogen) atoms. The van der Waals surface area contributed by atoms with Crippen molar-refractivity contribution in [2.75, 3.05) is 24.7 Å². The predicted octanol–water partition coefficient (Wildman–Crippen LogP) is 5.19. The van der Waals surface area contributed by atoms with Gasteiger partial charge in [0, 0.05) is 29.9 Å². The van der Waals surface area contributed by atoms with Crippen molar-refractivity contribution in [3.8, 4) is 6.07 Å². The zero-order valence-corrected chi connectivity index (χ0v) is 22.8. The Kier molecular flexibility index (Phi) is 7.46. The largest absolute Gasteiger partial charge is 0.444 e. The molecule has 3 heterocycles. The lowest BCUT2D eigenvalue weighted by molar-refractivity contribution is 0.0110. The Labute approximate surface area is 219 Å². The Morgan fingerprint density at radius 3 is 2.54 bits per heavy atom. The number of ether oxygens (including phenoxy) is 1. The van der Waals surface area contributed by atoms with Gasteiger partial charge in [0.25, 0.3) is 5.56 Å². The summed E-state index contributed by atoms with van der Waals surface area (Å²) in [6.45, 7) is 8.43. The van der Waals surface area contributed by atoms with Crippen molar-refractivity contribution in [3.63, 3.8) is 0 Å². The van der Waals surface area contributed by atoms with Crippen LogP contribution in [0.5, 0.6) is 0 Å². The molecular weight excluding hydrogens is 488 g/mol. The van der Waals surface area contributed by atoms with Gasteiger partial charge in [-0.2, -0.15) is 20.8 Å².